The quantitative estimate of drug-likeness (QED) is 0.668. The summed E-state index contributed by atoms with van der Waals surface area (Å²) in [4.78, 5) is 26.0. The van der Waals surface area contributed by atoms with Gasteiger partial charge in [-0.1, -0.05) is 0 Å². The highest BCUT2D eigenvalue weighted by molar-refractivity contribution is 6.09. The van der Waals surface area contributed by atoms with Crippen LogP contribution >= 0.6 is 0 Å². The summed E-state index contributed by atoms with van der Waals surface area (Å²) >= 11 is 0. The molecule has 0 saturated heterocycles. The van der Waals surface area contributed by atoms with Crippen LogP contribution in [0.4, 0.5) is 11.4 Å². The molecule has 2 rings (SSSR count). The van der Waals surface area contributed by atoms with E-state index in [9.17, 15) is 9.59 Å². The van der Waals surface area contributed by atoms with E-state index >= 15 is 0 Å². The number of nitrogens with two attached hydrogens (primary N) is 1. The molecule has 2 N–H and O–H groups in total. The number of hydrogen-bond donors (Lipinski definition) is 1. The number of carbonyl (C=O) groups excluding carboxylic acids is 2. The molecule has 1 amide bonds. The second-order valence-electron chi connectivity index (χ2n) is 5.52. The van der Waals surface area contributed by atoms with Crippen LogP contribution in [0.15, 0.2) is 12.1 Å². The third-order valence-corrected chi connectivity index (χ3v) is 3.84. The lowest BCUT2D eigenvalue weighted by atomic mass is 9.85. The number of benzene rings is 1. The second-order valence-corrected chi connectivity index (χ2v) is 5.52. The van der Waals surface area contributed by atoms with E-state index in [1.54, 1.807) is 24.1 Å². The van der Waals surface area contributed by atoms with Crippen LogP contribution in [0.3, 0.4) is 0 Å². The molecule has 0 fully saturated rings. The molecule has 6 heteroatoms. The van der Waals surface area contributed by atoms with Crippen LogP contribution in [0.1, 0.15) is 29.8 Å². The van der Waals surface area contributed by atoms with Crippen molar-refractivity contribution in [1.82, 2.24) is 0 Å². The van der Waals surface area contributed by atoms with E-state index in [1.807, 2.05) is 13.8 Å². The number of rotatable bonds is 4. The molecule has 0 aromatic heterocycles. The standard InChI is InChI=1S/C15H20N2O4/c1-15(2)10-8-11(16)9(13(18)21-4)7-12(10)17(14(15)19)5-6-20-3/h7-8H,5-6,16H2,1-4H3. The number of fused-ring (bicyclic) bond motifs is 1. The van der Waals surface area contributed by atoms with Gasteiger partial charge >= 0.3 is 5.97 Å². The number of nitrogen functional groups attached to an aromatic ring is 1. The monoisotopic (exact) mass is 292 g/mol. The van der Waals surface area contributed by atoms with Crippen molar-refractivity contribution in [3.63, 3.8) is 0 Å². The Morgan fingerprint density at radius 2 is 2.00 bits per heavy atom. The Bertz CT molecular complexity index is 596. The Kier molecular flexibility index (Phi) is 3.91. The van der Waals surface area contributed by atoms with Crippen molar-refractivity contribution >= 4 is 23.3 Å². The number of hydrogen-bond acceptors (Lipinski definition) is 5. The smallest absolute Gasteiger partial charge is 0.340 e. The van der Waals surface area contributed by atoms with Gasteiger partial charge in [-0.2, -0.15) is 0 Å². The highest BCUT2D eigenvalue weighted by Crippen LogP contribution is 2.43. The Hall–Kier alpha value is -2.08. The molecule has 21 heavy (non-hydrogen) atoms. The Balaban J connectivity index is 2.56. The summed E-state index contributed by atoms with van der Waals surface area (Å²) in [5.74, 6) is -0.546. The van der Waals surface area contributed by atoms with Crippen molar-refractivity contribution in [2.24, 2.45) is 0 Å². The predicted octanol–water partition coefficient (Wildman–Crippen LogP) is 1.33. The molecule has 6 nitrogen and oxygen atoms in total. The minimum Gasteiger partial charge on any atom is -0.465 e. The van der Waals surface area contributed by atoms with Crippen LogP contribution in [-0.2, 0) is 19.7 Å². The molecule has 0 atom stereocenters. The fourth-order valence-electron chi connectivity index (χ4n) is 2.58. The number of amides is 1. The Morgan fingerprint density at radius 3 is 2.57 bits per heavy atom. The van der Waals surface area contributed by atoms with Gasteiger partial charge in [-0.15, -0.1) is 0 Å². The summed E-state index contributed by atoms with van der Waals surface area (Å²) in [5.41, 5.74) is 7.34. The molecular weight excluding hydrogens is 272 g/mol. The Morgan fingerprint density at radius 1 is 1.33 bits per heavy atom. The summed E-state index contributed by atoms with van der Waals surface area (Å²) in [5, 5.41) is 0. The zero-order valence-electron chi connectivity index (χ0n) is 12.7. The zero-order chi connectivity index (χ0) is 15.8. The third-order valence-electron chi connectivity index (χ3n) is 3.84. The first-order chi connectivity index (χ1) is 9.84. The minimum absolute atomic E-state index is 0.0315. The largest absolute Gasteiger partial charge is 0.465 e. The van der Waals surface area contributed by atoms with Gasteiger partial charge < -0.3 is 20.1 Å². The number of nitrogens with zero attached hydrogens (tertiary/aromatic N) is 1. The molecule has 0 saturated carbocycles. The molecule has 1 aromatic carbocycles. The van der Waals surface area contributed by atoms with Gasteiger partial charge in [0.15, 0.2) is 0 Å². The number of ether oxygens (including phenoxy) is 2. The highest BCUT2D eigenvalue weighted by Gasteiger charge is 2.44. The molecule has 0 aliphatic carbocycles. The van der Waals surface area contributed by atoms with Crippen molar-refractivity contribution in [2.75, 3.05) is 38.0 Å². The predicted molar refractivity (Wildman–Crippen MR) is 79.4 cm³/mol. The first-order valence-electron chi connectivity index (χ1n) is 6.67. The molecule has 1 aliphatic rings. The summed E-state index contributed by atoms with van der Waals surface area (Å²) in [7, 11) is 2.88. The molecule has 0 bridgehead atoms. The van der Waals surface area contributed by atoms with E-state index in [0.717, 1.165) is 5.56 Å². The van der Waals surface area contributed by atoms with Gasteiger partial charge in [0.25, 0.3) is 0 Å². The number of carbonyl (C=O) groups is 2. The van der Waals surface area contributed by atoms with Crippen LogP contribution in [0.2, 0.25) is 0 Å². The SMILES string of the molecule is COCCN1C(=O)C(C)(C)c2cc(N)c(C(=O)OC)cc21. The van der Waals surface area contributed by atoms with Crippen LogP contribution in [0.25, 0.3) is 0 Å². The van der Waals surface area contributed by atoms with E-state index < -0.39 is 11.4 Å². The topological polar surface area (TPSA) is 81.9 Å². The van der Waals surface area contributed by atoms with Crippen molar-refractivity contribution in [3.8, 4) is 0 Å². The van der Waals surface area contributed by atoms with Gasteiger partial charge in [0.2, 0.25) is 5.91 Å². The van der Waals surface area contributed by atoms with Gasteiger partial charge in [0.1, 0.15) is 0 Å². The lowest BCUT2D eigenvalue weighted by molar-refractivity contribution is -0.122. The Labute approximate surface area is 123 Å². The maximum Gasteiger partial charge on any atom is 0.340 e. The fourth-order valence-corrected chi connectivity index (χ4v) is 2.58. The van der Waals surface area contributed by atoms with Crippen LogP contribution < -0.4 is 10.6 Å². The van der Waals surface area contributed by atoms with Gasteiger partial charge in [-0.05, 0) is 31.5 Å². The van der Waals surface area contributed by atoms with Crippen molar-refractivity contribution in [2.45, 2.75) is 19.3 Å². The van der Waals surface area contributed by atoms with Crippen molar-refractivity contribution in [1.29, 1.82) is 0 Å². The summed E-state index contributed by atoms with van der Waals surface area (Å²) in [6.45, 7) is 4.53. The number of anilines is 2. The van der Waals surface area contributed by atoms with Gasteiger partial charge in [0, 0.05) is 25.0 Å². The van der Waals surface area contributed by atoms with E-state index in [-0.39, 0.29) is 11.5 Å². The maximum atomic E-state index is 12.6. The number of esters is 1. The molecule has 1 heterocycles. The molecule has 114 valence electrons. The third kappa shape index (κ3) is 2.35. The van der Waals surface area contributed by atoms with E-state index in [2.05, 4.69) is 0 Å². The fraction of sp³-hybridized carbons (Fsp3) is 0.467. The molecule has 0 spiro atoms. The first-order valence-corrected chi connectivity index (χ1v) is 6.67. The maximum absolute atomic E-state index is 12.6. The van der Waals surface area contributed by atoms with E-state index in [1.165, 1.54) is 7.11 Å². The molecule has 1 aliphatic heterocycles. The molecule has 0 radical (unpaired) electrons. The number of methoxy groups -OCH3 is 2. The molecule has 0 unspecified atom stereocenters. The molecule has 1 aromatic rings. The summed E-state index contributed by atoms with van der Waals surface area (Å²) in [6.07, 6.45) is 0. The average Bonchev–Trinajstić information content (AvgIpc) is 2.63. The van der Waals surface area contributed by atoms with Crippen LogP contribution in [-0.4, -0.2) is 39.2 Å². The second kappa shape index (κ2) is 5.37. The molecular formula is C15H20N2O4. The van der Waals surface area contributed by atoms with Gasteiger partial charge in [-0.3, -0.25) is 4.79 Å². The highest BCUT2D eigenvalue weighted by atomic mass is 16.5. The minimum atomic E-state index is -0.675. The lowest BCUT2D eigenvalue weighted by Crippen LogP contribution is -2.38. The summed E-state index contributed by atoms with van der Waals surface area (Å²) < 4.78 is 9.77. The zero-order valence-corrected chi connectivity index (χ0v) is 12.7. The van der Waals surface area contributed by atoms with E-state index in [0.29, 0.717) is 24.5 Å². The van der Waals surface area contributed by atoms with Crippen molar-refractivity contribution in [3.05, 3.63) is 23.3 Å². The average molecular weight is 292 g/mol. The summed E-state index contributed by atoms with van der Waals surface area (Å²) in [6, 6.07) is 3.31. The van der Waals surface area contributed by atoms with Gasteiger partial charge in [-0.25, -0.2) is 4.79 Å². The van der Waals surface area contributed by atoms with Crippen molar-refractivity contribution < 1.29 is 19.1 Å². The normalized spacial score (nSPS) is 16.0. The van der Waals surface area contributed by atoms with Gasteiger partial charge in [0.05, 0.1) is 24.7 Å². The van der Waals surface area contributed by atoms with Crippen LogP contribution in [0, 0.1) is 0 Å². The first kappa shape index (κ1) is 15.3. The van der Waals surface area contributed by atoms with Crippen LogP contribution in [0.5, 0.6) is 0 Å². The lowest BCUT2D eigenvalue weighted by Gasteiger charge is -2.19. The van der Waals surface area contributed by atoms with E-state index in [4.69, 9.17) is 15.2 Å².